The van der Waals surface area contributed by atoms with E-state index in [-0.39, 0.29) is 30.7 Å². The highest BCUT2D eigenvalue weighted by Crippen LogP contribution is 2.24. The van der Waals surface area contributed by atoms with Gasteiger partial charge in [0.2, 0.25) is 5.91 Å². The van der Waals surface area contributed by atoms with Crippen molar-refractivity contribution in [3.8, 4) is 0 Å². The van der Waals surface area contributed by atoms with Crippen molar-refractivity contribution in [2.24, 2.45) is 0 Å². The maximum absolute atomic E-state index is 13.3. The lowest BCUT2D eigenvalue weighted by Crippen LogP contribution is -2.34. The summed E-state index contributed by atoms with van der Waals surface area (Å²) in [5.74, 6) is 1.13. The van der Waals surface area contributed by atoms with Crippen molar-refractivity contribution >= 4 is 28.4 Å². The normalized spacial score (nSPS) is 14.8. The van der Waals surface area contributed by atoms with Gasteiger partial charge in [0, 0.05) is 24.2 Å². The smallest absolute Gasteiger partial charge is 0.275 e. The molecule has 0 radical (unpaired) electrons. The number of nitrogens with one attached hydrogen (secondary N) is 1. The van der Waals surface area contributed by atoms with Crippen LogP contribution < -0.4 is 10.9 Å². The number of thioether (sulfide) groups is 1. The molecule has 0 bridgehead atoms. The minimum Gasteiger partial charge on any atom is -0.377 e. The topological polar surface area (TPSA) is 104 Å². The molecule has 0 spiro atoms. The Balaban J connectivity index is 1.19. The molecule has 2 aromatic heterocycles. The number of benzene rings is 3. The van der Waals surface area contributed by atoms with E-state index in [0.717, 1.165) is 52.6 Å². The van der Waals surface area contributed by atoms with Crippen LogP contribution in [0.4, 0.5) is 0 Å². The summed E-state index contributed by atoms with van der Waals surface area (Å²) in [7, 11) is 0. The molecule has 5 aromatic rings. The molecule has 0 saturated carbocycles. The Morgan fingerprint density at radius 3 is 2.38 bits per heavy atom. The maximum atomic E-state index is 13.3. The van der Waals surface area contributed by atoms with Crippen LogP contribution in [0.15, 0.2) is 94.9 Å². The third kappa shape index (κ3) is 6.61. The average molecular weight is 581 g/mol. The van der Waals surface area contributed by atoms with Gasteiger partial charge in [-0.15, -0.1) is 10.2 Å². The molecule has 1 saturated heterocycles. The van der Waals surface area contributed by atoms with E-state index in [1.54, 1.807) is 17.8 Å². The van der Waals surface area contributed by atoms with Crippen LogP contribution in [0, 0.1) is 0 Å². The molecule has 3 heterocycles. The van der Waals surface area contributed by atoms with Gasteiger partial charge in [0.15, 0.2) is 11.0 Å². The Morgan fingerprint density at radius 1 is 0.929 bits per heavy atom. The SMILES string of the molecule is O=C(Cn1nc(Cc2ccccc2)c2ccccc2c1=O)NCc1nnc(SC[C@@H]2CCCO2)n1Cc1ccccc1. The number of carbonyl (C=O) groups excluding carboxylic acids is 1. The fourth-order valence-corrected chi connectivity index (χ4v) is 6.15. The van der Waals surface area contributed by atoms with Crippen molar-refractivity contribution in [1.82, 2.24) is 29.9 Å². The average Bonchev–Trinajstić information content (AvgIpc) is 3.68. The number of hydrogen-bond donors (Lipinski definition) is 1. The van der Waals surface area contributed by atoms with Crippen LogP contribution in [0.3, 0.4) is 0 Å². The summed E-state index contributed by atoms with van der Waals surface area (Å²) >= 11 is 1.62. The number of nitrogens with zero attached hydrogens (tertiary/aromatic N) is 5. The van der Waals surface area contributed by atoms with Gasteiger partial charge in [-0.25, -0.2) is 4.68 Å². The molecule has 1 amide bonds. The van der Waals surface area contributed by atoms with Crippen molar-refractivity contribution in [3.63, 3.8) is 0 Å². The highest BCUT2D eigenvalue weighted by Gasteiger charge is 2.20. The van der Waals surface area contributed by atoms with Crippen molar-refractivity contribution in [2.75, 3.05) is 12.4 Å². The summed E-state index contributed by atoms with van der Waals surface area (Å²) in [4.78, 5) is 26.4. The van der Waals surface area contributed by atoms with E-state index < -0.39 is 0 Å². The van der Waals surface area contributed by atoms with Crippen LogP contribution in [0.25, 0.3) is 10.8 Å². The first-order valence-corrected chi connectivity index (χ1v) is 15.1. The van der Waals surface area contributed by atoms with Crippen LogP contribution in [0.1, 0.15) is 35.5 Å². The second kappa shape index (κ2) is 13.1. The minimum atomic E-state index is -0.326. The van der Waals surface area contributed by atoms with Crippen LogP contribution in [-0.4, -0.2) is 48.9 Å². The van der Waals surface area contributed by atoms with Crippen LogP contribution in [0.5, 0.6) is 0 Å². The molecule has 0 aliphatic carbocycles. The number of amides is 1. The second-order valence-electron chi connectivity index (χ2n) is 10.3. The van der Waals surface area contributed by atoms with E-state index >= 15 is 0 Å². The molecule has 1 aliphatic rings. The second-order valence-corrected chi connectivity index (χ2v) is 11.3. The molecule has 1 aliphatic heterocycles. The Labute approximate surface area is 247 Å². The standard InChI is InChI=1S/C32H32N6O3S/c39-30(21-38-31(40)27-16-8-7-15-26(27)28(36-38)18-23-10-3-1-4-11-23)33-19-29-34-35-32(42-22-25-14-9-17-41-25)37(29)20-24-12-5-2-6-13-24/h1-8,10-13,15-16,25H,9,14,17-22H2,(H,33,39)/t25-/m0/s1. The van der Waals surface area contributed by atoms with Gasteiger partial charge in [-0.1, -0.05) is 90.6 Å². The molecular weight excluding hydrogens is 548 g/mol. The van der Waals surface area contributed by atoms with Gasteiger partial charge in [-0.2, -0.15) is 5.10 Å². The van der Waals surface area contributed by atoms with E-state index in [1.807, 2.05) is 71.3 Å². The van der Waals surface area contributed by atoms with Gasteiger partial charge in [-0.05, 0) is 30.0 Å². The summed E-state index contributed by atoms with van der Waals surface area (Å²) in [5, 5.41) is 18.5. The molecule has 1 atom stereocenters. The zero-order valence-electron chi connectivity index (χ0n) is 23.2. The molecule has 9 nitrogen and oxygen atoms in total. The zero-order chi connectivity index (χ0) is 28.7. The molecule has 1 fully saturated rings. The molecule has 42 heavy (non-hydrogen) atoms. The fraction of sp³-hybridized carbons (Fsp3) is 0.281. The molecule has 0 unspecified atom stereocenters. The summed E-state index contributed by atoms with van der Waals surface area (Å²) in [5.41, 5.74) is 2.65. The lowest BCUT2D eigenvalue weighted by atomic mass is 10.0. The van der Waals surface area contributed by atoms with Crippen molar-refractivity contribution < 1.29 is 9.53 Å². The van der Waals surface area contributed by atoms with Crippen molar-refractivity contribution in [2.45, 2.75) is 50.2 Å². The van der Waals surface area contributed by atoms with Crippen LogP contribution >= 0.6 is 11.8 Å². The molecule has 3 aromatic carbocycles. The number of carbonyl (C=O) groups is 1. The number of ether oxygens (including phenoxy) is 1. The first-order chi connectivity index (χ1) is 20.6. The highest BCUT2D eigenvalue weighted by atomic mass is 32.2. The predicted molar refractivity (Wildman–Crippen MR) is 162 cm³/mol. The van der Waals surface area contributed by atoms with Gasteiger partial charge in [0.1, 0.15) is 6.54 Å². The summed E-state index contributed by atoms with van der Waals surface area (Å²) in [6.07, 6.45) is 2.91. The molecule has 214 valence electrons. The van der Waals surface area contributed by atoms with Gasteiger partial charge in [0.25, 0.3) is 5.56 Å². The van der Waals surface area contributed by atoms with E-state index in [1.165, 1.54) is 4.68 Å². The Hall–Kier alpha value is -4.28. The number of rotatable bonds is 11. The third-order valence-corrected chi connectivity index (χ3v) is 8.39. The number of hydrogen-bond acceptors (Lipinski definition) is 7. The van der Waals surface area contributed by atoms with E-state index in [2.05, 4.69) is 32.7 Å². The summed E-state index contributed by atoms with van der Waals surface area (Å²) in [6, 6.07) is 27.5. The third-order valence-electron chi connectivity index (χ3n) is 7.29. The fourth-order valence-electron chi connectivity index (χ4n) is 5.13. The monoisotopic (exact) mass is 580 g/mol. The maximum Gasteiger partial charge on any atom is 0.275 e. The number of aromatic nitrogens is 5. The van der Waals surface area contributed by atoms with E-state index in [4.69, 9.17) is 4.74 Å². The predicted octanol–water partition coefficient (Wildman–Crippen LogP) is 4.21. The number of fused-ring (bicyclic) bond motifs is 1. The van der Waals surface area contributed by atoms with E-state index in [9.17, 15) is 9.59 Å². The van der Waals surface area contributed by atoms with Crippen molar-refractivity contribution in [3.05, 3.63) is 118 Å². The summed E-state index contributed by atoms with van der Waals surface area (Å²) < 4.78 is 9.08. The lowest BCUT2D eigenvalue weighted by molar-refractivity contribution is -0.122. The molecule has 1 N–H and O–H groups in total. The van der Waals surface area contributed by atoms with E-state index in [0.29, 0.717) is 24.2 Å². The van der Waals surface area contributed by atoms with Gasteiger partial charge >= 0.3 is 0 Å². The summed E-state index contributed by atoms with van der Waals surface area (Å²) in [6.45, 7) is 1.38. The van der Waals surface area contributed by atoms with Crippen LogP contribution in [0.2, 0.25) is 0 Å². The lowest BCUT2D eigenvalue weighted by Gasteiger charge is -2.13. The highest BCUT2D eigenvalue weighted by molar-refractivity contribution is 7.99. The van der Waals surface area contributed by atoms with Gasteiger partial charge in [0.05, 0.1) is 30.3 Å². The molecule has 10 heteroatoms. The first kappa shape index (κ1) is 27.9. The molecular formula is C32H32N6O3S. The first-order valence-electron chi connectivity index (χ1n) is 14.1. The molecule has 6 rings (SSSR count). The minimum absolute atomic E-state index is 0.179. The Morgan fingerprint density at radius 2 is 1.64 bits per heavy atom. The Kier molecular flexibility index (Phi) is 8.72. The Bertz CT molecular complexity index is 1720. The zero-order valence-corrected chi connectivity index (χ0v) is 24.0. The largest absolute Gasteiger partial charge is 0.377 e. The van der Waals surface area contributed by atoms with Crippen LogP contribution in [-0.2, 0) is 35.6 Å². The van der Waals surface area contributed by atoms with Gasteiger partial charge in [-0.3, -0.25) is 9.59 Å². The van der Waals surface area contributed by atoms with Gasteiger partial charge < -0.3 is 14.6 Å². The van der Waals surface area contributed by atoms with Crippen molar-refractivity contribution in [1.29, 1.82) is 0 Å². The quantitative estimate of drug-likeness (QED) is 0.233.